The Morgan fingerprint density at radius 1 is 1.06 bits per heavy atom. The predicted octanol–water partition coefficient (Wildman–Crippen LogP) is 4.12. The summed E-state index contributed by atoms with van der Waals surface area (Å²) in [5, 5.41) is 8.17. The first kappa shape index (κ1) is 21.7. The molecule has 2 aliphatic heterocycles. The monoisotopic (exact) mass is 451 g/mol. The lowest BCUT2D eigenvalue weighted by Crippen LogP contribution is -2.43. The van der Waals surface area contributed by atoms with Crippen LogP contribution in [0.25, 0.3) is 11.3 Å². The van der Waals surface area contributed by atoms with Gasteiger partial charge in [-0.05, 0) is 67.9 Å². The van der Waals surface area contributed by atoms with Crippen LogP contribution in [0.5, 0.6) is 0 Å². The third-order valence-corrected chi connectivity index (χ3v) is 7.08. The number of fused-ring (bicyclic) bond motifs is 2. The zero-order valence-electron chi connectivity index (χ0n) is 18.3. The molecule has 3 aromatic rings. The Morgan fingerprint density at radius 3 is 2.58 bits per heavy atom. The van der Waals surface area contributed by atoms with Crippen molar-refractivity contribution in [3.8, 4) is 11.3 Å². The van der Waals surface area contributed by atoms with E-state index in [1.165, 1.54) is 30.5 Å². The molecule has 2 aliphatic rings. The first-order chi connectivity index (χ1) is 16.0. The largest absolute Gasteiger partial charge is 0.366 e. The van der Waals surface area contributed by atoms with Crippen molar-refractivity contribution >= 4 is 5.91 Å². The third-order valence-electron chi connectivity index (χ3n) is 7.08. The molecule has 3 heterocycles. The van der Waals surface area contributed by atoms with Gasteiger partial charge in [0.05, 0.1) is 6.20 Å². The van der Waals surface area contributed by atoms with Gasteiger partial charge in [0.1, 0.15) is 17.3 Å². The topological polar surface area (TPSA) is 77.0 Å². The van der Waals surface area contributed by atoms with Crippen molar-refractivity contribution in [2.75, 3.05) is 6.54 Å². The Balaban J connectivity index is 1.17. The molecular formula is C25H27F2N5O. The van der Waals surface area contributed by atoms with E-state index in [2.05, 4.69) is 21.3 Å². The highest BCUT2D eigenvalue weighted by molar-refractivity contribution is 5.92. The zero-order valence-corrected chi connectivity index (χ0v) is 18.3. The molecule has 2 fully saturated rings. The maximum Gasteiger partial charge on any atom is 0.248 e. The van der Waals surface area contributed by atoms with E-state index in [0.29, 0.717) is 35.8 Å². The van der Waals surface area contributed by atoms with Crippen molar-refractivity contribution in [3.63, 3.8) is 0 Å². The number of aryl methyl sites for hydroxylation is 1. The number of primary amides is 1. The number of carbonyl (C=O) groups excluding carboxylic acids is 1. The van der Waals surface area contributed by atoms with Crippen LogP contribution >= 0.6 is 0 Å². The number of rotatable bonds is 7. The highest BCUT2D eigenvalue weighted by Gasteiger charge is 2.40. The number of carbonyl (C=O) groups is 1. The highest BCUT2D eigenvalue weighted by Crippen LogP contribution is 2.43. The highest BCUT2D eigenvalue weighted by atomic mass is 19.1. The maximum atomic E-state index is 14.0. The Morgan fingerprint density at radius 2 is 1.85 bits per heavy atom. The van der Waals surface area contributed by atoms with Gasteiger partial charge in [-0.2, -0.15) is 0 Å². The van der Waals surface area contributed by atoms with Gasteiger partial charge in [-0.25, -0.2) is 8.78 Å². The van der Waals surface area contributed by atoms with Gasteiger partial charge in [0, 0.05) is 42.4 Å². The number of amides is 1. The molecule has 33 heavy (non-hydrogen) atoms. The lowest BCUT2D eigenvalue weighted by Gasteiger charge is -2.39. The van der Waals surface area contributed by atoms with Crippen molar-refractivity contribution < 1.29 is 13.6 Å². The molecule has 1 amide bonds. The van der Waals surface area contributed by atoms with Crippen LogP contribution in [-0.4, -0.2) is 44.4 Å². The van der Waals surface area contributed by atoms with Crippen molar-refractivity contribution in [2.45, 2.75) is 56.7 Å². The minimum Gasteiger partial charge on any atom is -0.366 e. The summed E-state index contributed by atoms with van der Waals surface area (Å²) in [6.07, 6.45) is 7.22. The van der Waals surface area contributed by atoms with Gasteiger partial charge in [-0.15, -0.1) is 5.10 Å². The first-order valence-electron chi connectivity index (χ1n) is 11.5. The summed E-state index contributed by atoms with van der Waals surface area (Å²) in [6, 6.07) is 12.3. The van der Waals surface area contributed by atoms with Crippen molar-refractivity contribution in [1.29, 1.82) is 0 Å². The lowest BCUT2D eigenvalue weighted by molar-refractivity contribution is 0.1000. The van der Waals surface area contributed by atoms with Crippen LogP contribution < -0.4 is 5.73 Å². The normalized spacial score (nSPS) is 22.5. The van der Waals surface area contributed by atoms with Crippen LogP contribution in [0.3, 0.4) is 0 Å². The summed E-state index contributed by atoms with van der Waals surface area (Å²) in [5.74, 6) is -1.16. The second kappa shape index (κ2) is 9.02. The van der Waals surface area contributed by atoms with Gasteiger partial charge in [-0.1, -0.05) is 17.3 Å². The third kappa shape index (κ3) is 4.53. The van der Waals surface area contributed by atoms with Gasteiger partial charge in [-0.3, -0.25) is 14.4 Å². The summed E-state index contributed by atoms with van der Waals surface area (Å²) in [5.41, 5.74) is 7.91. The van der Waals surface area contributed by atoms with Crippen molar-refractivity contribution in [1.82, 2.24) is 19.9 Å². The van der Waals surface area contributed by atoms with Crippen LogP contribution in [-0.2, 0) is 6.54 Å². The van der Waals surface area contributed by atoms with Crippen molar-refractivity contribution in [3.05, 3.63) is 71.4 Å². The predicted molar refractivity (Wildman–Crippen MR) is 120 cm³/mol. The van der Waals surface area contributed by atoms with E-state index in [-0.39, 0.29) is 11.5 Å². The van der Waals surface area contributed by atoms with E-state index >= 15 is 0 Å². The molecule has 6 nitrogen and oxygen atoms in total. The summed E-state index contributed by atoms with van der Waals surface area (Å²) >= 11 is 0. The maximum absolute atomic E-state index is 14.0. The van der Waals surface area contributed by atoms with Gasteiger partial charge in [0.15, 0.2) is 0 Å². The molecular weight excluding hydrogens is 424 g/mol. The fourth-order valence-electron chi connectivity index (χ4n) is 5.50. The number of halogens is 2. The van der Waals surface area contributed by atoms with E-state index in [1.807, 2.05) is 12.1 Å². The standard InChI is InChI=1S/C25H27F2N5O/c26-19-5-8-22(23(27)14-19)24-15-31(30-29-24)9-2-10-32-20-6-7-21(32)13-18(12-20)16-3-1-4-17(11-16)25(28)33/h1,3-5,8,11,14-15,18,20-21H,2,6-7,9-10,12-13H2,(H2,28,33)/t18?,20-,21+. The smallest absolute Gasteiger partial charge is 0.248 e. The number of nitrogens with zero attached hydrogens (tertiary/aromatic N) is 4. The minimum absolute atomic E-state index is 0.253. The van der Waals surface area contributed by atoms with E-state index in [4.69, 9.17) is 5.73 Å². The fraction of sp³-hybridized carbons (Fsp3) is 0.400. The number of aromatic nitrogens is 3. The molecule has 0 radical (unpaired) electrons. The first-order valence-corrected chi connectivity index (χ1v) is 11.5. The van der Waals surface area contributed by atoms with E-state index in [1.54, 1.807) is 16.9 Å². The van der Waals surface area contributed by atoms with Crippen LogP contribution in [0.2, 0.25) is 0 Å². The summed E-state index contributed by atoms with van der Waals surface area (Å²) < 4.78 is 28.9. The summed E-state index contributed by atoms with van der Waals surface area (Å²) in [6.45, 7) is 1.67. The Labute approximate surface area is 191 Å². The number of hydrogen-bond acceptors (Lipinski definition) is 4. The van der Waals surface area contributed by atoms with Gasteiger partial charge in [0.2, 0.25) is 5.91 Å². The number of nitrogens with two attached hydrogens (primary N) is 1. The molecule has 1 aromatic heterocycles. The SMILES string of the molecule is NC(=O)c1cccc(C2C[C@H]3CC[C@@H](C2)N3CCCn2cc(-c3ccc(F)cc3F)nn2)c1. The molecule has 2 N–H and O–H groups in total. The van der Waals surface area contributed by atoms with Crippen LogP contribution in [0.4, 0.5) is 8.78 Å². The van der Waals surface area contributed by atoms with Crippen LogP contribution in [0.1, 0.15) is 53.9 Å². The Kier molecular flexibility index (Phi) is 5.93. The van der Waals surface area contributed by atoms with E-state index < -0.39 is 11.6 Å². The average Bonchev–Trinajstić information content (AvgIpc) is 3.35. The molecule has 5 rings (SSSR count). The molecule has 0 spiro atoms. The van der Waals surface area contributed by atoms with Gasteiger partial charge < -0.3 is 5.73 Å². The minimum atomic E-state index is -0.636. The molecule has 3 atom stereocenters. The molecule has 1 unspecified atom stereocenters. The van der Waals surface area contributed by atoms with Gasteiger partial charge >= 0.3 is 0 Å². The molecule has 172 valence electrons. The summed E-state index contributed by atoms with van der Waals surface area (Å²) in [4.78, 5) is 14.2. The van der Waals surface area contributed by atoms with E-state index in [0.717, 1.165) is 31.9 Å². The Hall–Kier alpha value is -3.13. The molecule has 8 heteroatoms. The molecule has 2 saturated heterocycles. The summed E-state index contributed by atoms with van der Waals surface area (Å²) in [7, 11) is 0. The van der Waals surface area contributed by atoms with Gasteiger partial charge in [0.25, 0.3) is 0 Å². The number of hydrogen-bond donors (Lipinski definition) is 1. The lowest BCUT2D eigenvalue weighted by atomic mass is 9.84. The molecule has 0 aliphatic carbocycles. The molecule has 2 bridgehead atoms. The second-order valence-corrected chi connectivity index (χ2v) is 9.13. The Bertz CT molecular complexity index is 1150. The van der Waals surface area contributed by atoms with Crippen LogP contribution in [0, 0.1) is 11.6 Å². The quantitative estimate of drug-likeness (QED) is 0.586. The fourth-order valence-corrected chi connectivity index (χ4v) is 5.50. The van der Waals surface area contributed by atoms with Crippen LogP contribution in [0.15, 0.2) is 48.7 Å². The number of piperidine rings is 1. The van der Waals surface area contributed by atoms with Crippen molar-refractivity contribution in [2.24, 2.45) is 5.73 Å². The zero-order chi connectivity index (χ0) is 22.9. The number of benzene rings is 2. The average molecular weight is 452 g/mol. The molecule has 2 aromatic carbocycles. The second-order valence-electron chi connectivity index (χ2n) is 9.13. The van der Waals surface area contributed by atoms with E-state index in [9.17, 15) is 13.6 Å². The molecule has 0 saturated carbocycles.